The first-order valence-corrected chi connectivity index (χ1v) is 12.8. The molecule has 0 aliphatic heterocycles. The van der Waals surface area contributed by atoms with Gasteiger partial charge in [-0.15, -0.1) is 0 Å². The minimum absolute atomic E-state index is 0.0352. The summed E-state index contributed by atoms with van der Waals surface area (Å²) < 4.78 is 62.8. The molecule has 0 amide bonds. The molecule has 14 heteroatoms. The van der Waals surface area contributed by atoms with Crippen LogP contribution in [0.1, 0.15) is 11.1 Å². The van der Waals surface area contributed by atoms with Gasteiger partial charge in [0, 0.05) is 10.8 Å². The maximum Gasteiger partial charge on any atom is 0.296 e. The van der Waals surface area contributed by atoms with Crippen molar-refractivity contribution in [1.29, 1.82) is 0 Å². The van der Waals surface area contributed by atoms with Crippen molar-refractivity contribution in [2.45, 2.75) is 39.7 Å². The van der Waals surface area contributed by atoms with E-state index in [1.54, 1.807) is 71.3 Å². The van der Waals surface area contributed by atoms with E-state index in [1.807, 2.05) is 13.8 Å². The Morgan fingerprint density at radius 3 is 1.10 bits per heavy atom. The van der Waals surface area contributed by atoms with E-state index < -0.39 is 36.2 Å². The molecule has 0 radical (unpaired) electrons. The van der Waals surface area contributed by atoms with Gasteiger partial charge in [-0.05, 0) is 38.1 Å². The first-order chi connectivity index (χ1) is 13.9. The molecule has 160 valence electrons. The Bertz CT molecular complexity index is 1050. The molecule has 0 unspecified atom stereocenters. The van der Waals surface area contributed by atoms with Crippen LogP contribution in [0, 0.1) is 13.8 Å². The molecule has 2 aromatic carbocycles. The molecule has 0 fully saturated rings. The number of hydrogen-bond acceptors (Lipinski definition) is 6. The van der Waals surface area contributed by atoms with Gasteiger partial charge in [0.25, 0.3) is 20.2 Å². The van der Waals surface area contributed by atoms with Crippen LogP contribution in [0.5, 0.6) is 0 Å². The summed E-state index contributed by atoms with van der Waals surface area (Å²) in [5, 5.41) is -3.65. The van der Waals surface area contributed by atoms with Crippen molar-refractivity contribution in [3.05, 3.63) is 59.7 Å². The second kappa shape index (κ2) is 8.54. The van der Waals surface area contributed by atoms with Gasteiger partial charge in [-0.2, -0.15) is 16.8 Å². The van der Waals surface area contributed by atoms with Gasteiger partial charge < -0.3 is 0 Å². The summed E-state index contributed by atoms with van der Waals surface area (Å²) in [6.45, 7) is 3.72. The van der Waals surface area contributed by atoms with Crippen LogP contribution in [0.2, 0.25) is 5.21 Å². The van der Waals surface area contributed by atoms with Crippen molar-refractivity contribution >= 4 is 67.3 Å². The van der Waals surface area contributed by atoms with Gasteiger partial charge in [0.05, 0.1) is 9.79 Å². The van der Waals surface area contributed by atoms with Crippen molar-refractivity contribution in [1.82, 2.24) is 0 Å². The Balaban J connectivity index is 2.35. The quantitative estimate of drug-likeness (QED) is 0.305. The van der Waals surface area contributed by atoms with E-state index in [9.17, 15) is 16.8 Å². The Morgan fingerprint density at radius 1 is 0.581 bits per heavy atom. The molecule has 0 saturated heterocycles. The van der Waals surface area contributed by atoms with Crippen molar-refractivity contribution in [3.8, 4) is 0 Å². The van der Waals surface area contributed by atoms with Crippen LogP contribution in [-0.2, 0) is 28.6 Å². The zero-order valence-corrected chi connectivity index (χ0v) is 21.0. The molecule has 0 aromatic heterocycles. The third-order valence-corrected chi connectivity index (χ3v) is 9.24. The van der Waals surface area contributed by atoms with E-state index in [4.69, 9.17) is 8.37 Å². The van der Waals surface area contributed by atoms with Gasteiger partial charge in [0.1, 0.15) is 47.1 Å². The predicted molar refractivity (Wildman–Crippen MR) is 138 cm³/mol. The second-order valence-corrected chi connectivity index (χ2v) is 12.4. The summed E-state index contributed by atoms with van der Waals surface area (Å²) in [4.78, 5) is 0.0703. The fourth-order valence-electron chi connectivity index (χ4n) is 2.99. The summed E-state index contributed by atoms with van der Waals surface area (Å²) in [7, 11) is 1.74. The van der Waals surface area contributed by atoms with Crippen LogP contribution in [0.3, 0.4) is 0 Å². The van der Waals surface area contributed by atoms with Crippen molar-refractivity contribution in [2.24, 2.45) is 0 Å². The van der Waals surface area contributed by atoms with E-state index in [0.29, 0.717) is 0 Å². The molecule has 0 bridgehead atoms. The lowest BCUT2D eigenvalue weighted by atomic mass is 9.25. The topological polar surface area (TPSA) is 86.7 Å². The van der Waals surface area contributed by atoms with Gasteiger partial charge >= 0.3 is 0 Å². The zero-order chi connectivity index (χ0) is 23.9. The molecule has 0 aliphatic carbocycles. The summed E-state index contributed by atoms with van der Waals surface area (Å²) in [6.07, 6.45) is 0. The van der Waals surface area contributed by atoms with E-state index in [2.05, 4.69) is 0 Å². The molecule has 31 heavy (non-hydrogen) atoms. The molecule has 0 aliphatic rings. The maximum atomic E-state index is 12.9. The third-order valence-electron chi connectivity index (χ3n) is 6.27. The zero-order valence-electron chi connectivity index (χ0n) is 19.4. The average Bonchev–Trinajstić information content (AvgIpc) is 2.60. The van der Waals surface area contributed by atoms with Crippen molar-refractivity contribution < 1.29 is 25.2 Å². The van der Waals surface area contributed by atoms with E-state index in [1.165, 1.54) is 24.3 Å². The molecule has 0 atom stereocenters. The third kappa shape index (κ3) is 5.53. The second-order valence-electron chi connectivity index (χ2n) is 9.35. The van der Waals surface area contributed by atoms with Crippen LogP contribution in [0.4, 0.5) is 0 Å². The SMILES string of the molecule is BC(B)(OS(=O)(=O)c1ccc(C)cc1)C(B)(B)C(B)(B)OS(=O)(=O)c1ccc(C)cc1. The lowest BCUT2D eigenvalue weighted by molar-refractivity contribution is 0.140. The smallest absolute Gasteiger partial charge is 0.279 e. The molecule has 2 rings (SSSR count). The van der Waals surface area contributed by atoms with Gasteiger partial charge in [-0.25, -0.2) is 0 Å². The highest BCUT2D eigenvalue weighted by Gasteiger charge is 2.52. The summed E-state index contributed by atoms with van der Waals surface area (Å²) in [6, 6.07) is 12.7. The molecule has 2 aromatic rings. The number of rotatable bonds is 8. The van der Waals surface area contributed by atoms with Crippen LogP contribution in [0.25, 0.3) is 0 Å². The average molecular weight is 455 g/mol. The first-order valence-electron chi connectivity index (χ1n) is 9.96. The Labute approximate surface area is 191 Å². The largest absolute Gasteiger partial charge is 0.296 e. The van der Waals surface area contributed by atoms with Gasteiger partial charge in [0.2, 0.25) is 0 Å². The minimum atomic E-state index is -4.08. The molecule has 0 heterocycles. The summed E-state index contributed by atoms with van der Waals surface area (Å²) in [5.74, 6) is 0. The first kappa shape index (κ1) is 25.9. The summed E-state index contributed by atoms with van der Waals surface area (Å²) >= 11 is 0. The molecule has 0 saturated carbocycles. The lowest BCUT2D eigenvalue weighted by Crippen LogP contribution is -2.62. The number of benzene rings is 2. The Kier molecular flexibility index (Phi) is 7.13. The van der Waals surface area contributed by atoms with Gasteiger partial charge in [-0.1, -0.05) is 40.6 Å². The van der Waals surface area contributed by atoms with Crippen molar-refractivity contribution in [3.63, 3.8) is 0 Å². The van der Waals surface area contributed by atoms with Crippen LogP contribution >= 0.6 is 0 Å². The van der Waals surface area contributed by atoms with E-state index >= 15 is 0 Å². The van der Waals surface area contributed by atoms with Gasteiger partial charge in [0.15, 0.2) is 0 Å². The predicted octanol–water partition coefficient (Wildman–Crippen LogP) is -3.36. The standard InChI is InChI=1S/C17H26B6O6S2/c1-11-3-7-13(8-4-11)30(24,25)28-16(20,21)15(18,19)17(22,23)29-31(26,27)14-9-5-12(2)6-10-14/h3-10H,18-23H2,1-2H3. The number of hydrogen-bond donors (Lipinski definition) is 0. The highest BCUT2D eigenvalue weighted by Crippen LogP contribution is 2.43. The fourth-order valence-corrected chi connectivity index (χ4v) is 5.63. The Morgan fingerprint density at radius 2 is 0.839 bits per heavy atom. The molecule has 6 nitrogen and oxygen atoms in total. The minimum Gasteiger partial charge on any atom is -0.279 e. The Hall–Kier alpha value is -1.35. The van der Waals surface area contributed by atoms with Crippen LogP contribution in [0.15, 0.2) is 58.3 Å². The maximum absolute atomic E-state index is 12.9. The molecular weight excluding hydrogens is 429 g/mol. The molecular formula is C17H26B6O6S2. The van der Waals surface area contributed by atoms with Gasteiger partial charge in [-0.3, -0.25) is 8.37 Å². The highest BCUT2D eigenvalue weighted by molar-refractivity contribution is 7.87. The normalized spacial score (nSPS) is 13.7. The number of aryl methyl sites for hydroxylation is 2. The lowest BCUT2D eigenvalue weighted by Gasteiger charge is -2.51. The molecule has 0 N–H and O–H groups in total. The highest BCUT2D eigenvalue weighted by atomic mass is 32.2. The van der Waals surface area contributed by atoms with Crippen LogP contribution < -0.4 is 0 Å². The molecule has 0 spiro atoms. The van der Waals surface area contributed by atoms with Crippen molar-refractivity contribution in [2.75, 3.05) is 0 Å². The fraction of sp³-hybridized carbons (Fsp3) is 0.294. The summed E-state index contributed by atoms with van der Waals surface area (Å²) in [5.41, 5.74) is 1.85. The monoisotopic (exact) mass is 456 g/mol. The van der Waals surface area contributed by atoms with E-state index in [0.717, 1.165) is 11.1 Å². The van der Waals surface area contributed by atoms with E-state index in [-0.39, 0.29) is 9.79 Å². The van der Waals surface area contributed by atoms with Crippen LogP contribution in [-0.4, -0.2) is 74.7 Å².